The van der Waals surface area contributed by atoms with Gasteiger partial charge in [0.2, 0.25) is 0 Å². The molecular formula is C15H12F3NO4S. The number of halogens is 3. The molecule has 0 bridgehead atoms. The topological polar surface area (TPSA) is 83.5 Å². The third-order valence-corrected chi connectivity index (χ3v) is 4.93. The average Bonchev–Trinajstić information content (AvgIpc) is 2.50. The quantitative estimate of drug-likeness (QED) is 0.821. The minimum Gasteiger partial charge on any atom is -0.478 e. The van der Waals surface area contributed by atoms with Gasteiger partial charge < -0.3 is 5.11 Å². The lowest BCUT2D eigenvalue weighted by Gasteiger charge is -2.14. The van der Waals surface area contributed by atoms with Crippen molar-refractivity contribution in [3.63, 3.8) is 0 Å². The van der Waals surface area contributed by atoms with Gasteiger partial charge in [-0.2, -0.15) is 0 Å². The van der Waals surface area contributed by atoms with Crippen molar-refractivity contribution < 1.29 is 31.5 Å². The molecule has 0 aliphatic carbocycles. The standard InChI is InChI=1S/C15H12F3NO4S/c1-7-5-9(15(20)21)6-12(8(7)2)24(22,23)19-11-4-3-10(16)13(17)14(11)18/h3-6,19H,1-2H3,(H,20,21). The van der Waals surface area contributed by atoms with E-state index in [0.717, 1.165) is 12.1 Å². The van der Waals surface area contributed by atoms with E-state index in [4.69, 9.17) is 5.11 Å². The van der Waals surface area contributed by atoms with Crippen molar-refractivity contribution in [3.05, 3.63) is 58.4 Å². The number of carboxylic acid groups (broad SMARTS) is 1. The summed E-state index contributed by atoms with van der Waals surface area (Å²) in [5.41, 5.74) is -0.424. The van der Waals surface area contributed by atoms with Crippen molar-refractivity contribution in [2.75, 3.05) is 4.72 Å². The molecule has 0 unspecified atom stereocenters. The van der Waals surface area contributed by atoms with Gasteiger partial charge in [-0.1, -0.05) is 0 Å². The molecule has 5 nitrogen and oxygen atoms in total. The second kappa shape index (κ2) is 6.16. The molecule has 0 saturated heterocycles. The third kappa shape index (κ3) is 3.21. The Morgan fingerprint density at radius 2 is 1.71 bits per heavy atom. The molecule has 0 atom stereocenters. The minimum atomic E-state index is -4.42. The van der Waals surface area contributed by atoms with E-state index in [1.807, 2.05) is 0 Å². The fraction of sp³-hybridized carbons (Fsp3) is 0.133. The Morgan fingerprint density at radius 3 is 2.29 bits per heavy atom. The molecule has 0 radical (unpaired) electrons. The van der Waals surface area contributed by atoms with Crippen LogP contribution >= 0.6 is 0 Å². The van der Waals surface area contributed by atoms with Gasteiger partial charge in [-0.05, 0) is 49.2 Å². The zero-order valence-electron chi connectivity index (χ0n) is 12.5. The van der Waals surface area contributed by atoms with E-state index in [0.29, 0.717) is 11.6 Å². The predicted molar refractivity (Wildman–Crippen MR) is 80.0 cm³/mol. The Labute approximate surface area is 135 Å². The van der Waals surface area contributed by atoms with E-state index < -0.39 is 44.0 Å². The Balaban J connectivity index is 2.56. The zero-order chi connectivity index (χ0) is 18.2. The lowest BCUT2D eigenvalue weighted by Crippen LogP contribution is -2.17. The van der Waals surface area contributed by atoms with Crippen LogP contribution in [0.1, 0.15) is 21.5 Å². The van der Waals surface area contributed by atoms with Gasteiger partial charge in [0.15, 0.2) is 17.5 Å². The number of hydrogen-bond acceptors (Lipinski definition) is 3. The van der Waals surface area contributed by atoms with Crippen LogP contribution in [0.5, 0.6) is 0 Å². The second-order valence-corrected chi connectivity index (χ2v) is 6.70. The molecule has 0 aromatic heterocycles. The number of benzene rings is 2. The summed E-state index contributed by atoms with van der Waals surface area (Å²) in [7, 11) is -4.42. The Bertz CT molecular complexity index is 942. The largest absolute Gasteiger partial charge is 0.478 e. The summed E-state index contributed by atoms with van der Waals surface area (Å²) in [6, 6.07) is 3.50. The van der Waals surface area contributed by atoms with Crippen molar-refractivity contribution in [1.29, 1.82) is 0 Å². The number of anilines is 1. The van der Waals surface area contributed by atoms with Gasteiger partial charge in [-0.3, -0.25) is 4.72 Å². The zero-order valence-corrected chi connectivity index (χ0v) is 13.3. The average molecular weight is 359 g/mol. The summed E-state index contributed by atoms with van der Waals surface area (Å²) in [5.74, 6) is -6.31. The van der Waals surface area contributed by atoms with E-state index in [1.165, 1.54) is 19.9 Å². The molecular weight excluding hydrogens is 347 g/mol. The highest BCUT2D eigenvalue weighted by atomic mass is 32.2. The Kier molecular flexibility index (Phi) is 4.57. The number of aromatic carboxylic acids is 1. The van der Waals surface area contributed by atoms with Crippen molar-refractivity contribution in [2.45, 2.75) is 18.7 Å². The molecule has 0 aliphatic rings. The Hall–Kier alpha value is -2.55. The third-order valence-electron chi connectivity index (χ3n) is 3.44. The molecule has 0 heterocycles. The van der Waals surface area contributed by atoms with Gasteiger partial charge in [0, 0.05) is 0 Å². The molecule has 2 N–H and O–H groups in total. The van der Waals surface area contributed by atoms with Crippen LogP contribution in [0, 0.1) is 31.3 Å². The number of rotatable bonds is 4. The maximum Gasteiger partial charge on any atom is 0.335 e. The molecule has 128 valence electrons. The summed E-state index contributed by atoms with van der Waals surface area (Å²) in [4.78, 5) is 10.7. The maximum absolute atomic E-state index is 13.7. The first-order chi connectivity index (χ1) is 11.0. The molecule has 0 aliphatic heterocycles. The maximum atomic E-state index is 13.7. The van der Waals surface area contributed by atoms with Crippen molar-refractivity contribution in [1.82, 2.24) is 0 Å². The van der Waals surface area contributed by atoms with Gasteiger partial charge in [0.05, 0.1) is 16.1 Å². The normalized spacial score (nSPS) is 11.4. The van der Waals surface area contributed by atoms with Gasteiger partial charge >= 0.3 is 5.97 Å². The number of carboxylic acids is 1. The number of hydrogen-bond donors (Lipinski definition) is 2. The molecule has 2 rings (SSSR count). The second-order valence-electron chi connectivity index (χ2n) is 5.05. The Morgan fingerprint density at radius 1 is 1.08 bits per heavy atom. The lowest BCUT2D eigenvalue weighted by atomic mass is 10.1. The molecule has 9 heteroatoms. The van der Waals surface area contributed by atoms with Crippen LogP contribution in [0.15, 0.2) is 29.2 Å². The molecule has 2 aromatic rings. The highest BCUT2D eigenvalue weighted by molar-refractivity contribution is 7.92. The summed E-state index contributed by atoms with van der Waals surface area (Å²) < 4.78 is 66.4. The van der Waals surface area contributed by atoms with Gasteiger partial charge in [0.25, 0.3) is 10.0 Å². The van der Waals surface area contributed by atoms with E-state index in [2.05, 4.69) is 0 Å². The molecule has 2 aromatic carbocycles. The highest BCUT2D eigenvalue weighted by Crippen LogP contribution is 2.26. The minimum absolute atomic E-state index is 0.246. The van der Waals surface area contributed by atoms with Crippen LogP contribution in [0.25, 0.3) is 0 Å². The SMILES string of the molecule is Cc1cc(C(=O)O)cc(S(=O)(=O)Nc2ccc(F)c(F)c2F)c1C. The number of aryl methyl sites for hydroxylation is 1. The number of nitrogens with one attached hydrogen (secondary N) is 1. The van der Waals surface area contributed by atoms with Crippen LogP contribution in [0.3, 0.4) is 0 Å². The van der Waals surface area contributed by atoms with Crippen LogP contribution in [-0.4, -0.2) is 19.5 Å². The smallest absolute Gasteiger partial charge is 0.335 e. The van der Waals surface area contributed by atoms with Crippen LogP contribution in [0.4, 0.5) is 18.9 Å². The monoisotopic (exact) mass is 359 g/mol. The number of carbonyl (C=O) groups is 1. The predicted octanol–water partition coefficient (Wildman–Crippen LogP) is 3.22. The molecule has 0 fully saturated rings. The molecule has 0 spiro atoms. The van der Waals surface area contributed by atoms with E-state index in [1.54, 1.807) is 4.72 Å². The summed E-state index contributed by atoms with van der Waals surface area (Å²) in [5, 5.41) is 9.02. The summed E-state index contributed by atoms with van der Waals surface area (Å²) in [6.45, 7) is 2.95. The van der Waals surface area contributed by atoms with Crippen LogP contribution < -0.4 is 4.72 Å². The fourth-order valence-corrected chi connectivity index (χ4v) is 3.44. The fourth-order valence-electron chi connectivity index (χ4n) is 2.03. The molecule has 0 amide bonds. The van der Waals surface area contributed by atoms with Gasteiger partial charge in [0.1, 0.15) is 0 Å². The van der Waals surface area contributed by atoms with E-state index in [9.17, 15) is 26.4 Å². The van der Waals surface area contributed by atoms with Crippen molar-refractivity contribution in [2.24, 2.45) is 0 Å². The van der Waals surface area contributed by atoms with Gasteiger partial charge in [-0.25, -0.2) is 26.4 Å². The van der Waals surface area contributed by atoms with E-state index >= 15 is 0 Å². The van der Waals surface area contributed by atoms with Crippen molar-refractivity contribution in [3.8, 4) is 0 Å². The van der Waals surface area contributed by atoms with Crippen molar-refractivity contribution >= 4 is 21.7 Å². The lowest BCUT2D eigenvalue weighted by molar-refractivity contribution is 0.0696. The summed E-state index contributed by atoms with van der Waals surface area (Å²) in [6.07, 6.45) is 0. The summed E-state index contributed by atoms with van der Waals surface area (Å²) >= 11 is 0. The first-order valence-corrected chi connectivity index (χ1v) is 8.03. The van der Waals surface area contributed by atoms with E-state index in [-0.39, 0.29) is 11.1 Å². The molecule has 24 heavy (non-hydrogen) atoms. The highest BCUT2D eigenvalue weighted by Gasteiger charge is 2.23. The van der Waals surface area contributed by atoms with Crippen LogP contribution in [0.2, 0.25) is 0 Å². The van der Waals surface area contributed by atoms with Crippen LogP contribution in [-0.2, 0) is 10.0 Å². The molecule has 0 saturated carbocycles. The number of sulfonamides is 1. The first kappa shape index (κ1) is 17.8. The van der Waals surface area contributed by atoms with Gasteiger partial charge in [-0.15, -0.1) is 0 Å². The first-order valence-electron chi connectivity index (χ1n) is 6.55.